The number of halogens is 2. The average Bonchev–Trinajstić information content (AvgIpc) is 2.54. The Balaban J connectivity index is 1.63. The molecule has 3 rings (SSSR count). The van der Waals surface area contributed by atoms with Crippen LogP contribution in [0, 0.1) is 6.92 Å². The van der Waals surface area contributed by atoms with Crippen molar-refractivity contribution in [2.75, 3.05) is 6.61 Å². The third kappa shape index (κ3) is 3.74. The van der Waals surface area contributed by atoms with E-state index < -0.39 is 6.09 Å². The molecule has 1 aliphatic heterocycles. The van der Waals surface area contributed by atoms with Crippen LogP contribution in [0.5, 0.6) is 5.88 Å². The van der Waals surface area contributed by atoms with Crippen LogP contribution in [-0.2, 0) is 11.3 Å². The highest BCUT2D eigenvalue weighted by Gasteiger charge is 2.25. The van der Waals surface area contributed by atoms with E-state index in [4.69, 9.17) is 32.7 Å². The number of carbonyl (C=O) groups is 1. The van der Waals surface area contributed by atoms with E-state index in [1.807, 2.05) is 13.0 Å². The zero-order valence-electron chi connectivity index (χ0n) is 13.0. The molecule has 24 heavy (non-hydrogen) atoms. The summed E-state index contributed by atoms with van der Waals surface area (Å²) in [7, 11) is 0. The lowest BCUT2D eigenvalue weighted by atomic mass is 10.1. The molecule has 1 aliphatic rings. The summed E-state index contributed by atoms with van der Waals surface area (Å²) in [5.74, 6) is 0.512. The largest absolute Gasteiger partial charge is 0.477 e. The molecule has 0 unspecified atom stereocenters. The Labute approximate surface area is 149 Å². The summed E-state index contributed by atoms with van der Waals surface area (Å²) in [5.41, 5.74) is 2.50. The number of nitrogens with one attached hydrogen (secondary N) is 1. The topological polar surface area (TPSA) is 60.5 Å². The van der Waals surface area contributed by atoms with E-state index in [2.05, 4.69) is 10.3 Å². The Bertz CT molecular complexity index is 744. The van der Waals surface area contributed by atoms with E-state index in [1.54, 1.807) is 24.4 Å². The second-order valence-corrected chi connectivity index (χ2v) is 6.31. The summed E-state index contributed by atoms with van der Waals surface area (Å²) >= 11 is 12.1. The van der Waals surface area contributed by atoms with Crippen molar-refractivity contribution in [3.8, 4) is 5.88 Å². The van der Waals surface area contributed by atoms with Gasteiger partial charge >= 0.3 is 6.09 Å². The molecule has 0 fully saturated rings. The van der Waals surface area contributed by atoms with Gasteiger partial charge in [0, 0.05) is 29.2 Å². The van der Waals surface area contributed by atoms with Crippen molar-refractivity contribution in [2.45, 2.75) is 26.0 Å². The van der Waals surface area contributed by atoms with Gasteiger partial charge < -0.3 is 14.8 Å². The Morgan fingerprint density at radius 3 is 3.08 bits per heavy atom. The van der Waals surface area contributed by atoms with E-state index in [0.717, 1.165) is 16.7 Å². The summed E-state index contributed by atoms with van der Waals surface area (Å²) in [5, 5.41) is 3.81. The molecular weight excluding hydrogens is 351 g/mol. The van der Waals surface area contributed by atoms with E-state index in [-0.39, 0.29) is 12.6 Å². The van der Waals surface area contributed by atoms with Crippen LogP contribution in [0.4, 0.5) is 4.79 Å². The second-order valence-electron chi connectivity index (χ2n) is 5.47. The third-order valence-corrected chi connectivity index (χ3v) is 4.36. The standard InChI is InChI=1S/C17H16Cl2N2O3/c1-10-7-11(18)8-14(19)13(10)9-21-17(22)24-15-4-6-23-16-12(15)3-2-5-20-16/h2-3,5,7-8,15H,4,6,9H2,1H3,(H,21,22)/t15-/m1/s1. The Morgan fingerprint density at radius 1 is 1.46 bits per heavy atom. The molecule has 0 saturated carbocycles. The monoisotopic (exact) mass is 366 g/mol. The molecule has 5 nitrogen and oxygen atoms in total. The lowest BCUT2D eigenvalue weighted by molar-refractivity contribution is 0.0676. The van der Waals surface area contributed by atoms with Crippen LogP contribution in [0.2, 0.25) is 10.0 Å². The van der Waals surface area contributed by atoms with Crippen LogP contribution in [-0.4, -0.2) is 17.7 Å². The van der Waals surface area contributed by atoms with Crippen molar-refractivity contribution >= 4 is 29.3 Å². The van der Waals surface area contributed by atoms with E-state index >= 15 is 0 Å². The minimum Gasteiger partial charge on any atom is -0.477 e. The Hall–Kier alpha value is -1.98. The molecule has 7 heteroatoms. The van der Waals surface area contributed by atoms with Crippen LogP contribution >= 0.6 is 23.2 Å². The van der Waals surface area contributed by atoms with Gasteiger partial charge in [-0.2, -0.15) is 0 Å². The maximum atomic E-state index is 12.1. The molecule has 2 heterocycles. The number of carbonyl (C=O) groups excluding carboxylic acids is 1. The number of pyridine rings is 1. The SMILES string of the molecule is Cc1cc(Cl)cc(Cl)c1CNC(=O)O[C@@H]1CCOc2ncccc21. The maximum absolute atomic E-state index is 12.1. The molecule has 1 amide bonds. The maximum Gasteiger partial charge on any atom is 0.408 e. The fraction of sp³-hybridized carbons (Fsp3) is 0.294. The van der Waals surface area contributed by atoms with Gasteiger partial charge in [0.1, 0.15) is 6.10 Å². The molecule has 0 radical (unpaired) electrons. The predicted molar refractivity (Wildman–Crippen MR) is 91.6 cm³/mol. The van der Waals surface area contributed by atoms with Crippen molar-refractivity contribution in [3.05, 3.63) is 57.2 Å². The number of alkyl carbamates (subject to hydrolysis) is 1. The first-order chi connectivity index (χ1) is 11.5. The van der Waals surface area contributed by atoms with Gasteiger partial charge in [0.2, 0.25) is 5.88 Å². The predicted octanol–water partition coefficient (Wildman–Crippen LogP) is 4.45. The minimum absolute atomic E-state index is 0.268. The number of amides is 1. The lowest BCUT2D eigenvalue weighted by Crippen LogP contribution is -2.28. The van der Waals surface area contributed by atoms with Crippen molar-refractivity contribution in [2.24, 2.45) is 0 Å². The van der Waals surface area contributed by atoms with Gasteiger partial charge in [-0.25, -0.2) is 9.78 Å². The fourth-order valence-electron chi connectivity index (χ4n) is 2.60. The highest BCUT2D eigenvalue weighted by atomic mass is 35.5. The summed E-state index contributed by atoms with van der Waals surface area (Å²) in [4.78, 5) is 16.3. The highest BCUT2D eigenvalue weighted by Crippen LogP contribution is 2.32. The average molecular weight is 367 g/mol. The number of hydrogen-bond acceptors (Lipinski definition) is 4. The van der Waals surface area contributed by atoms with Crippen LogP contribution in [0.25, 0.3) is 0 Å². The van der Waals surface area contributed by atoms with Crippen molar-refractivity contribution in [1.29, 1.82) is 0 Å². The van der Waals surface area contributed by atoms with Gasteiger partial charge in [0.25, 0.3) is 0 Å². The Morgan fingerprint density at radius 2 is 2.29 bits per heavy atom. The lowest BCUT2D eigenvalue weighted by Gasteiger charge is -2.24. The highest BCUT2D eigenvalue weighted by molar-refractivity contribution is 6.35. The van der Waals surface area contributed by atoms with Crippen LogP contribution in [0.3, 0.4) is 0 Å². The molecule has 0 spiro atoms. The molecule has 2 aromatic rings. The van der Waals surface area contributed by atoms with Crippen LogP contribution in [0.1, 0.15) is 29.2 Å². The molecule has 1 aromatic carbocycles. The number of hydrogen-bond donors (Lipinski definition) is 1. The number of aromatic nitrogens is 1. The molecule has 1 atom stereocenters. The first-order valence-electron chi connectivity index (χ1n) is 7.51. The zero-order valence-corrected chi connectivity index (χ0v) is 14.5. The summed E-state index contributed by atoms with van der Waals surface area (Å²) in [6.45, 7) is 2.62. The molecular formula is C17H16Cl2N2O3. The van der Waals surface area contributed by atoms with Crippen molar-refractivity contribution in [1.82, 2.24) is 10.3 Å². The second kappa shape index (κ2) is 7.28. The summed E-state index contributed by atoms with van der Waals surface area (Å²) in [6, 6.07) is 7.09. The van der Waals surface area contributed by atoms with Gasteiger partial charge in [-0.3, -0.25) is 0 Å². The minimum atomic E-state index is -0.512. The first kappa shape index (κ1) is 16.9. The summed E-state index contributed by atoms with van der Waals surface area (Å²) in [6.07, 6.45) is 1.35. The molecule has 0 saturated heterocycles. The van der Waals surface area contributed by atoms with Crippen molar-refractivity contribution in [3.63, 3.8) is 0 Å². The number of aryl methyl sites for hydroxylation is 1. The smallest absolute Gasteiger partial charge is 0.408 e. The number of ether oxygens (including phenoxy) is 2. The van der Waals surface area contributed by atoms with Crippen LogP contribution in [0.15, 0.2) is 30.5 Å². The number of nitrogens with zero attached hydrogens (tertiary/aromatic N) is 1. The van der Waals surface area contributed by atoms with Gasteiger partial charge in [0.05, 0.1) is 12.2 Å². The normalized spacial score (nSPS) is 16.0. The van der Waals surface area contributed by atoms with E-state index in [0.29, 0.717) is 29.0 Å². The van der Waals surface area contributed by atoms with E-state index in [1.165, 1.54) is 0 Å². The molecule has 0 aliphatic carbocycles. The van der Waals surface area contributed by atoms with Crippen LogP contribution < -0.4 is 10.1 Å². The molecule has 0 bridgehead atoms. The number of rotatable bonds is 3. The fourth-order valence-corrected chi connectivity index (χ4v) is 3.26. The van der Waals surface area contributed by atoms with Gasteiger partial charge in [-0.15, -0.1) is 0 Å². The zero-order chi connectivity index (χ0) is 17.1. The molecule has 1 aromatic heterocycles. The third-order valence-electron chi connectivity index (χ3n) is 3.81. The van der Waals surface area contributed by atoms with Gasteiger partial charge in [-0.05, 0) is 42.3 Å². The quantitative estimate of drug-likeness (QED) is 0.871. The van der Waals surface area contributed by atoms with E-state index in [9.17, 15) is 4.79 Å². The molecule has 126 valence electrons. The van der Waals surface area contributed by atoms with Gasteiger partial charge in [0.15, 0.2) is 0 Å². The Kier molecular flexibility index (Phi) is 5.11. The van der Waals surface area contributed by atoms with Gasteiger partial charge in [-0.1, -0.05) is 23.2 Å². The first-order valence-corrected chi connectivity index (χ1v) is 8.27. The molecule has 1 N–H and O–H groups in total. The van der Waals surface area contributed by atoms with Crippen molar-refractivity contribution < 1.29 is 14.3 Å². The number of fused-ring (bicyclic) bond motifs is 1. The summed E-state index contributed by atoms with van der Waals surface area (Å²) < 4.78 is 11.0. The number of benzene rings is 1.